The van der Waals surface area contributed by atoms with Gasteiger partial charge in [-0.25, -0.2) is 0 Å². The first-order valence-corrected chi connectivity index (χ1v) is 2.49. The molecule has 3 nitrogen and oxygen atoms in total. The van der Waals surface area contributed by atoms with Crippen LogP contribution in [0, 0.1) is 5.41 Å². The SMILES string of the molecule is CN(C)C(=N)N(C)C.[GaH2]. The van der Waals surface area contributed by atoms with Crippen molar-refractivity contribution in [3.63, 3.8) is 0 Å². The van der Waals surface area contributed by atoms with Crippen molar-refractivity contribution in [3.05, 3.63) is 0 Å². The maximum absolute atomic E-state index is 7.25. The van der Waals surface area contributed by atoms with Gasteiger partial charge in [-0.3, -0.25) is 5.41 Å². The number of hydrogen-bond donors (Lipinski definition) is 1. The molecule has 0 spiro atoms. The van der Waals surface area contributed by atoms with E-state index in [9.17, 15) is 0 Å². The molecule has 0 saturated carbocycles. The second-order valence-corrected chi connectivity index (χ2v) is 2.11. The summed E-state index contributed by atoms with van der Waals surface area (Å²) in [6, 6.07) is 0. The van der Waals surface area contributed by atoms with E-state index in [0.29, 0.717) is 5.96 Å². The molecule has 0 aliphatic rings. The third-order valence-corrected chi connectivity index (χ3v) is 0.847. The summed E-state index contributed by atoms with van der Waals surface area (Å²) in [5, 5.41) is 7.25. The van der Waals surface area contributed by atoms with Crippen LogP contribution in [0.1, 0.15) is 0 Å². The predicted molar refractivity (Wildman–Crippen MR) is 43.6 cm³/mol. The first kappa shape index (κ1) is 11.7. The second kappa shape index (κ2) is 4.75. The summed E-state index contributed by atoms with van der Waals surface area (Å²) in [6.45, 7) is 0. The summed E-state index contributed by atoms with van der Waals surface area (Å²) in [5.74, 6) is 0.519. The molecule has 0 bridgehead atoms. The van der Waals surface area contributed by atoms with Gasteiger partial charge in [-0.05, 0) is 0 Å². The molecule has 0 unspecified atom stereocenters. The molecule has 4 heteroatoms. The van der Waals surface area contributed by atoms with Gasteiger partial charge in [0.1, 0.15) is 0 Å². The minimum absolute atomic E-state index is 0. The first-order valence-electron chi connectivity index (χ1n) is 2.49. The predicted octanol–water partition coefficient (Wildman–Crippen LogP) is -0.872. The second-order valence-electron chi connectivity index (χ2n) is 2.11. The zero-order valence-electron chi connectivity index (χ0n) is 6.89. The average Bonchev–Trinajstić information content (AvgIpc) is 1.64. The van der Waals surface area contributed by atoms with Gasteiger partial charge in [-0.2, -0.15) is 0 Å². The summed E-state index contributed by atoms with van der Waals surface area (Å²) < 4.78 is 0. The molecule has 0 aromatic carbocycles. The Morgan fingerprint density at radius 1 is 1.00 bits per heavy atom. The van der Waals surface area contributed by atoms with Crippen LogP contribution in [0.25, 0.3) is 0 Å². The Balaban J connectivity index is 0. The van der Waals surface area contributed by atoms with E-state index in [1.807, 2.05) is 28.2 Å². The van der Waals surface area contributed by atoms with Crippen LogP contribution in [0.15, 0.2) is 0 Å². The van der Waals surface area contributed by atoms with Crippen molar-refractivity contribution in [3.8, 4) is 0 Å². The van der Waals surface area contributed by atoms with E-state index in [4.69, 9.17) is 5.41 Å². The molecule has 0 fully saturated rings. The third-order valence-electron chi connectivity index (χ3n) is 0.847. The Bertz CT molecular complexity index is 80.2. The first-order chi connectivity index (χ1) is 3.55. The molecule has 0 atom stereocenters. The van der Waals surface area contributed by atoms with Crippen LogP contribution in [-0.2, 0) is 0 Å². The van der Waals surface area contributed by atoms with E-state index in [-0.39, 0.29) is 19.8 Å². The zero-order chi connectivity index (χ0) is 6.73. The quantitative estimate of drug-likeness (QED) is 0.303. The third kappa shape index (κ3) is 4.41. The molecule has 9 heavy (non-hydrogen) atoms. The van der Waals surface area contributed by atoms with E-state index in [1.54, 1.807) is 9.80 Å². The fourth-order valence-electron chi connectivity index (χ4n) is 0.400. The molecule has 0 rings (SSSR count). The summed E-state index contributed by atoms with van der Waals surface area (Å²) in [6.07, 6.45) is 0. The Morgan fingerprint density at radius 3 is 1.22 bits per heavy atom. The molecule has 1 radical (unpaired) electrons. The van der Waals surface area contributed by atoms with Crippen LogP contribution in [0.4, 0.5) is 0 Å². The zero-order valence-corrected chi connectivity index (χ0v) is 11.1. The van der Waals surface area contributed by atoms with E-state index >= 15 is 0 Å². The minimum atomic E-state index is 0. The molecule has 0 heterocycles. The Morgan fingerprint density at radius 2 is 1.22 bits per heavy atom. The Kier molecular flexibility index (Phi) is 6.17. The van der Waals surface area contributed by atoms with Gasteiger partial charge in [0.05, 0.1) is 0 Å². The molecule has 0 saturated heterocycles. The number of hydrogen-bond acceptors (Lipinski definition) is 1. The Hall–Kier alpha value is -0.0936. The van der Waals surface area contributed by atoms with Gasteiger partial charge in [-0.1, -0.05) is 0 Å². The van der Waals surface area contributed by atoms with Gasteiger partial charge in [0, 0.05) is 28.2 Å². The van der Waals surface area contributed by atoms with E-state index in [2.05, 4.69) is 0 Å². The molecule has 1 N–H and O–H groups in total. The molecule has 0 aromatic heterocycles. The van der Waals surface area contributed by atoms with Crippen molar-refractivity contribution in [2.45, 2.75) is 0 Å². The van der Waals surface area contributed by atoms with Gasteiger partial charge in [0.25, 0.3) is 0 Å². The molecule has 0 amide bonds. The standard InChI is InChI=1S/C5H13N3.Ga.2H/c1-7(2)5(6)8(3)4;;;/h6H,1-4H3;;;. The van der Waals surface area contributed by atoms with E-state index in [0.717, 1.165) is 0 Å². The van der Waals surface area contributed by atoms with Gasteiger partial charge in [0.15, 0.2) is 5.96 Å². The maximum atomic E-state index is 7.25. The van der Waals surface area contributed by atoms with E-state index < -0.39 is 0 Å². The van der Waals surface area contributed by atoms with Crippen LogP contribution in [0.5, 0.6) is 0 Å². The normalized spacial score (nSPS) is 7.56. The van der Waals surface area contributed by atoms with Gasteiger partial charge < -0.3 is 9.80 Å². The molecule has 0 aliphatic heterocycles. The Labute approximate surface area is 69.6 Å². The van der Waals surface area contributed by atoms with Crippen LogP contribution < -0.4 is 0 Å². The van der Waals surface area contributed by atoms with Crippen LogP contribution in [0.3, 0.4) is 0 Å². The number of rotatable bonds is 0. The van der Waals surface area contributed by atoms with Gasteiger partial charge in [0.2, 0.25) is 0 Å². The summed E-state index contributed by atoms with van der Waals surface area (Å²) >= 11 is 0. The molecular formula is C5H15GaN3. The summed E-state index contributed by atoms with van der Waals surface area (Å²) in [5.41, 5.74) is 0. The average molecular weight is 187 g/mol. The van der Waals surface area contributed by atoms with Crippen molar-refractivity contribution in [2.24, 2.45) is 0 Å². The van der Waals surface area contributed by atoms with Gasteiger partial charge in [-0.15, -0.1) is 0 Å². The number of nitrogens with one attached hydrogen (secondary N) is 1. The van der Waals surface area contributed by atoms with Crippen molar-refractivity contribution in [1.29, 1.82) is 5.41 Å². The molecular weight excluding hydrogens is 172 g/mol. The number of guanidine groups is 1. The molecule has 0 aromatic rings. The van der Waals surface area contributed by atoms with Crippen molar-refractivity contribution in [1.82, 2.24) is 9.80 Å². The van der Waals surface area contributed by atoms with Gasteiger partial charge >= 0.3 is 19.8 Å². The summed E-state index contributed by atoms with van der Waals surface area (Å²) in [7, 11) is 7.40. The fourth-order valence-corrected chi connectivity index (χ4v) is 0.400. The van der Waals surface area contributed by atoms with Crippen molar-refractivity contribution in [2.75, 3.05) is 28.2 Å². The van der Waals surface area contributed by atoms with Crippen LogP contribution in [-0.4, -0.2) is 63.7 Å². The number of nitrogens with zero attached hydrogens (tertiary/aromatic N) is 2. The fraction of sp³-hybridized carbons (Fsp3) is 0.800. The van der Waals surface area contributed by atoms with E-state index in [1.165, 1.54) is 0 Å². The topological polar surface area (TPSA) is 30.3 Å². The van der Waals surface area contributed by atoms with Crippen LogP contribution in [0.2, 0.25) is 0 Å². The molecule has 53 valence electrons. The van der Waals surface area contributed by atoms with Crippen LogP contribution >= 0.6 is 0 Å². The summed E-state index contributed by atoms with van der Waals surface area (Å²) in [4.78, 5) is 3.50. The van der Waals surface area contributed by atoms with Crippen molar-refractivity contribution < 1.29 is 0 Å². The molecule has 0 aliphatic carbocycles. The monoisotopic (exact) mass is 186 g/mol. The van der Waals surface area contributed by atoms with Crippen molar-refractivity contribution >= 4 is 25.7 Å².